The van der Waals surface area contributed by atoms with Gasteiger partial charge in [-0.2, -0.15) is 0 Å². The van der Waals surface area contributed by atoms with Crippen LogP contribution < -0.4 is 10.9 Å². The van der Waals surface area contributed by atoms with Crippen LogP contribution in [0.25, 0.3) is 10.2 Å². The Balaban J connectivity index is 1.76. The average Bonchev–Trinajstić information content (AvgIpc) is 3.16. The Kier molecular flexibility index (Phi) is 6.15. The molecule has 0 atom stereocenters. The molecular formula is C19H19N3O4S2. The molecule has 9 heteroatoms. The van der Waals surface area contributed by atoms with E-state index in [2.05, 4.69) is 10.3 Å². The van der Waals surface area contributed by atoms with Crippen molar-refractivity contribution in [3.8, 4) is 0 Å². The van der Waals surface area contributed by atoms with Crippen molar-refractivity contribution < 1.29 is 14.3 Å². The number of esters is 1. The summed E-state index contributed by atoms with van der Waals surface area (Å²) in [5, 5.41) is 5.14. The van der Waals surface area contributed by atoms with E-state index in [1.54, 1.807) is 28.8 Å². The van der Waals surface area contributed by atoms with Crippen LogP contribution in [0.15, 0.2) is 39.6 Å². The Labute approximate surface area is 169 Å². The van der Waals surface area contributed by atoms with Crippen molar-refractivity contribution in [2.24, 2.45) is 0 Å². The molecule has 7 nitrogen and oxygen atoms in total. The summed E-state index contributed by atoms with van der Waals surface area (Å²) in [5.74, 6) is -0.633. The normalized spacial score (nSPS) is 10.8. The van der Waals surface area contributed by atoms with Crippen LogP contribution in [0.1, 0.15) is 22.8 Å². The zero-order valence-corrected chi connectivity index (χ0v) is 17.3. The van der Waals surface area contributed by atoms with Crippen molar-refractivity contribution in [1.82, 2.24) is 9.55 Å². The molecule has 0 spiro atoms. The van der Waals surface area contributed by atoms with Gasteiger partial charge >= 0.3 is 5.97 Å². The lowest BCUT2D eigenvalue weighted by molar-refractivity contribution is -0.113. The number of hydrogen-bond acceptors (Lipinski definition) is 7. The molecule has 0 unspecified atom stereocenters. The minimum atomic E-state index is -0.467. The number of aryl methyl sites for hydroxylation is 1. The van der Waals surface area contributed by atoms with Crippen LogP contribution in [0.4, 0.5) is 5.69 Å². The highest BCUT2D eigenvalue weighted by Crippen LogP contribution is 2.22. The first-order chi connectivity index (χ1) is 13.4. The number of carbonyl (C=O) groups excluding carboxylic acids is 2. The molecule has 146 valence electrons. The second-order valence-electron chi connectivity index (χ2n) is 5.94. The number of hydrogen-bond donors (Lipinski definition) is 1. The number of fused-ring (bicyclic) bond motifs is 1. The van der Waals surface area contributed by atoms with Crippen LogP contribution in [0.3, 0.4) is 0 Å². The highest BCUT2D eigenvalue weighted by Gasteiger charge is 2.14. The van der Waals surface area contributed by atoms with E-state index in [4.69, 9.17) is 4.74 Å². The van der Waals surface area contributed by atoms with Gasteiger partial charge < -0.3 is 10.1 Å². The molecule has 2 aromatic heterocycles. The Morgan fingerprint density at radius 1 is 1.32 bits per heavy atom. The number of thiophene rings is 1. The molecule has 0 bridgehead atoms. The zero-order valence-electron chi connectivity index (χ0n) is 15.6. The van der Waals surface area contributed by atoms with E-state index >= 15 is 0 Å². The number of ether oxygens (including phenoxy) is 1. The predicted octanol–water partition coefficient (Wildman–Crippen LogP) is 3.30. The number of carbonyl (C=O) groups is 2. The van der Waals surface area contributed by atoms with Gasteiger partial charge in [0.2, 0.25) is 5.91 Å². The third-order valence-corrected chi connectivity index (χ3v) is 5.98. The highest BCUT2D eigenvalue weighted by atomic mass is 32.2. The summed E-state index contributed by atoms with van der Waals surface area (Å²) in [5.41, 5.74) is 2.29. The average molecular weight is 418 g/mol. The van der Waals surface area contributed by atoms with E-state index in [1.165, 1.54) is 30.2 Å². The van der Waals surface area contributed by atoms with Gasteiger partial charge in [0.05, 0.1) is 23.9 Å². The van der Waals surface area contributed by atoms with E-state index in [-0.39, 0.29) is 17.2 Å². The minimum Gasteiger partial charge on any atom is -0.465 e. The predicted molar refractivity (Wildman–Crippen MR) is 111 cm³/mol. The quantitative estimate of drug-likeness (QED) is 0.376. The molecule has 1 amide bonds. The summed E-state index contributed by atoms with van der Waals surface area (Å²) in [4.78, 5) is 41.1. The second-order valence-corrected chi connectivity index (χ2v) is 7.80. The molecule has 28 heavy (non-hydrogen) atoms. The lowest BCUT2D eigenvalue weighted by Gasteiger charge is -2.11. The molecule has 0 aliphatic heterocycles. The summed E-state index contributed by atoms with van der Waals surface area (Å²) in [6.07, 6.45) is 0. The van der Waals surface area contributed by atoms with E-state index in [1.807, 2.05) is 19.2 Å². The topological polar surface area (TPSA) is 90.3 Å². The summed E-state index contributed by atoms with van der Waals surface area (Å²) in [7, 11) is 1.31. The number of amides is 1. The maximum absolute atomic E-state index is 12.5. The van der Waals surface area contributed by atoms with E-state index in [0.29, 0.717) is 33.2 Å². The summed E-state index contributed by atoms with van der Waals surface area (Å²) >= 11 is 2.57. The monoisotopic (exact) mass is 417 g/mol. The molecular weight excluding hydrogens is 398 g/mol. The van der Waals surface area contributed by atoms with Crippen molar-refractivity contribution >= 4 is 50.9 Å². The molecule has 0 radical (unpaired) electrons. The summed E-state index contributed by atoms with van der Waals surface area (Å²) in [6, 6.07) is 6.77. The number of methoxy groups -OCH3 is 1. The number of benzene rings is 1. The SMILES string of the molecule is CCn1c(SCC(=O)Nc2cc(C(=O)OC)ccc2C)nc2ccsc2c1=O. The van der Waals surface area contributed by atoms with Crippen molar-refractivity contribution in [1.29, 1.82) is 0 Å². The Morgan fingerprint density at radius 3 is 2.82 bits per heavy atom. The summed E-state index contributed by atoms with van der Waals surface area (Å²) in [6.45, 7) is 4.18. The number of nitrogens with one attached hydrogen (secondary N) is 1. The van der Waals surface area contributed by atoms with Crippen LogP contribution in [0.5, 0.6) is 0 Å². The minimum absolute atomic E-state index is 0.0873. The van der Waals surface area contributed by atoms with Crippen molar-refractivity contribution in [2.75, 3.05) is 18.2 Å². The third-order valence-electron chi connectivity index (χ3n) is 4.11. The van der Waals surface area contributed by atoms with Crippen LogP contribution in [0.2, 0.25) is 0 Å². The van der Waals surface area contributed by atoms with Crippen molar-refractivity contribution in [2.45, 2.75) is 25.5 Å². The van der Waals surface area contributed by atoms with Gasteiger partial charge in [0.1, 0.15) is 4.70 Å². The van der Waals surface area contributed by atoms with Crippen LogP contribution in [-0.2, 0) is 16.1 Å². The van der Waals surface area contributed by atoms with Crippen molar-refractivity contribution in [3.63, 3.8) is 0 Å². The number of aromatic nitrogens is 2. The zero-order chi connectivity index (χ0) is 20.3. The standard InChI is InChI=1S/C19H19N3O4S2/c1-4-22-17(24)16-13(7-8-27-16)21-19(22)28-10-15(23)20-14-9-12(18(25)26-3)6-5-11(14)2/h5-9H,4,10H2,1-3H3,(H,20,23). The first kappa shape index (κ1) is 20.1. The number of nitrogens with zero attached hydrogens (tertiary/aromatic N) is 2. The second kappa shape index (κ2) is 8.57. The lowest BCUT2D eigenvalue weighted by atomic mass is 10.1. The fourth-order valence-corrected chi connectivity index (χ4v) is 4.27. The molecule has 2 heterocycles. The van der Waals surface area contributed by atoms with Gasteiger partial charge in [-0.25, -0.2) is 9.78 Å². The highest BCUT2D eigenvalue weighted by molar-refractivity contribution is 7.99. The first-order valence-corrected chi connectivity index (χ1v) is 10.4. The van der Waals surface area contributed by atoms with Gasteiger partial charge in [0.15, 0.2) is 5.16 Å². The Hall–Kier alpha value is -2.65. The molecule has 1 aromatic carbocycles. The van der Waals surface area contributed by atoms with E-state index < -0.39 is 5.97 Å². The van der Waals surface area contributed by atoms with Gasteiger partial charge in [0.25, 0.3) is 5.56 Å². The van der Waals surface area contributed by atoms with Gasteiger partial charge in [-0.1, -0.05) is 17.8 Å². The van der Waals surface area contributed by atoms with Crippen molar-refractivity contribution in [3.05, 3.63) is 51.1 Å². The fraction of sp³-hybridized carbons (Fsp3) is 0.263. The van der Waals surface area contributed by atoms with Crippen LogP contribution >= 0.6 is 23.1 Å². The molecule has 0 saturated carbocycles. The van der Waals surface area contributed by atoms with E-state index in [0.717, 1.165) is 5.56 Å². The Bertz CT molecular complexity index is 1100. The smallest absolute Gasteiger partial charge is 0.337 e. The first-order valence-electron chi connectivity index (χ1n) is 8.54. The van der Waals surface area contributed by atoms with E-state index in [9.17, 15) is 14.4 Å². The fourth-order valence-electron chi connectivity index (χ4n) is 2.63. The van der Waals surface area contributed by atoms with Gasteiger partial charge in [0, 0.05) is 12.2 Å². The molecule has 0 fully saturated rings. The molecule has 3 aromatic rings. The molecule has 0 aliphatic rings. The maximum atomic E-state index is 12.5. The van der Waals surface area contributed by atoms with Crippen LogP contribution in [0, 0.1) is 6.92 Å². The van der Waals surface area contributed by atoms with Crippen LogP contribution in [-0.4, -0.2) is 34.3 Å². The number of anilines is 1. The lowest BCUT2D eigenvalue weighted by Crippen LogP contribution is -2.22. The molecule has 3 rings (SSSR count). The van der Waals surface area contributed by atoms with Gasteiger partial charge in [-0.05, 0) is 43.0 Å². The largest absolute Gasteiger partial charge is 0.465 e. The third kappa shape index (κ3) is 4.10. The van der Waals surface area contributed by atoms with Gasteiger partial charge in [-0.3, -0.25) is 14.2 Å². The number of rotatable bonds is 6. The van der Waals surface area contributed by atoms with Gasteiger partial charge in [-0.15, -0.1) is 11.3 Å². The molecule has 0 saturated heterocycles. The number of thioether (sulfide) groups is 1. The molecule has 0 aliphatic carbocycles. The molecule has 1 N–H and O–H groups in total. The maximum Gasteiger partial charge on any atom is 0.337 e. The summed E-state index contributed by atoms with van der Waals surface area (Å²) < 4.78 is 6.90. The Morgan fingerprint density at radius 2 is 2.11 bits per heavy atom.